The van der Waals surface area contributed by atoms with Gasteiger partial charge < -0.3 is 0 Å². The third-order valence-electron chi connectivity index (χ3n) is 4.62. The van der Waals surface area contributed by atoms with Gasteiger partial charge in [-0.15, -0.1) is 0 Å². The van der Waals surface area contributed by atoms with Crippen LogP contribution in [0.25, 0.3) is 32.7 Å². The molecule has 1 heteroatoms. The number of nitrogens with zero attached hydrogens (tertiary/aromatic N) is 1. The van der Waals surface area contributed by atoms with Gasteiger partial charge in [-0.3, -0.25) is 4.98 Å². The molecule has 0 N–H and O–H groups in total. The molecule has 1 aliphatic rings. The standard InChI is InChI=1S/C20H13N/c1-2-4-15-13(3-1)5-7-17-18-8-6-14-12-21-10-9-16(14)20(18)11-19(15)17/h1-10,12H,11H2. The van der Waals surface area contributed by atoms with Gasteiger partial charge in [-0.2, -0.15) is 0 Å². The summed E-state index contributed by atoms with van der Waals surface area (Å²) in [6, 6.07) is 19.8. The van der Waals surface area contributed by atoms with Gasteiger partial charge in [0.2, 0.25) is 0 Å². The van der Waals surface area contributed by atoms with Crippen molar-refractivity contribution in [3.05, 3.63) is 78.1 Å². The van der Waals surface area contributed by atoms with Crippen LogP contribution in [0.2, 0.25) is 0 Å². The molecule has 0 unspecified atom stereocenters. The molecule has 1 aliphatic carbocycles. The summed E-state index contributed by atoms with van der Waals surface area (Å²) in [5, 5.41) is 5.28. The lowest BCUT2D eigenvalue weighted by Gasteiger charge is -2.05. The number of benzene rings is 3. The maximum Gasteiger partial charge on any atom is 0.0346 e. The van der Waals surface area contributed by atoms with Gasteiger partial charge in [-0.1, -0.05) is 48.5 Å². The van der Waals surface area contributed by atoms with E-state index in [1.54, 1.807) is 0 Å². The number of hydrogen-bond acceptors (Lipinski definition) is 1. The molecule has 0 aliphatic heterocycles. The Morgan fingerprint density at radius 1 is 0.667 bits per heavy atom. The smallest absolute Gasteiger partial charge is 0.0346 e. The Morgan fingerprint density at radius 3 is 2.24 bits per heavy atom. The summed E-state index contributed by atoms with van der Waals surface area (Å²) in [7, 11) is 0. The van der Waals surface area contributed by atoms with Crippen LogP contribution in [-0.2, 0) is 6.42 Å². The molecule has 21 heavy (non-hydrogen) atoms. The van der Waals surface area contributed by atoms with Crippen molar-refractivity contribution in [2.24, 2.45) is 0 Å². The van der Waals surface area contributed by atoms with Crippen LogP contribution in [-0.4, -0.2) is 4.98 Å². The maximum atomic E-state index is 4.24. The van der Waals surface area contributed by atoms with Crippen LogP contribution in [0.1, 0.15) is 11.1 Å². The van der Waals surface area contributed by atoms with E-state index >= 15 is 0 Å². The van der Waals surface area contributed by atoms with Crippen molar-refractivity contribution < 1.29 is 0 Å². The van der Waals surface area contributed by atoms with Gasteiger partial charge in [0.1, 0.15) is 0 Å². The normalized spacial score (nSPS) is 12.6. The number of rotatable bonds is 0. The van der Waals surface area contributed by atoms with Gasteiger partial charge in [0, 0.05) is 17.8 Å². The Balaban J connectivity index is 1.89. The Labute approximate surface area is 122 Å². The fourth-order valence-corrected chi connectivity index (χ4v) is 3.63. The average molecular weight is 267 g/mol. The Hall–Kier alpha value is -2.67. The van der Waals surface area contributed by atoms with Crippen LogP contribution in [0.3, 0.4) is 0 Å². The monoisotopic (exact) mass is 267 g/mol. The zero-order valence-electron chi connectivity index (χ0n) is 11.5. The molecular formula is C20H13N. The van der Waals surface area contributed by atoms with Gasteiger partial charge >= 0.3 is 0 Å². The Kier molecular flexibility index (Phi) is 2.06. The summed E-state index contributed by atoms with van der Waals surface area (Å²) < 4.78 is 0. The molecule has 0 saturated carbocycles. The van der Waals surface area contributed by atoms with Crippen LogP contribution < -0.4 is 0 Å². The van der Waals surface area contributed by atoms with E-state index in [4.69, 9.17) is 0 Å². The molecule has 0 fully saturated rings. The van der Waals surface area contributed by atoms with E-state index in [-0.39, 0.29) is 0 Å². The molecule has 4 aromatic rings. The van der Waals surface area contributed by atoms with E-state index in [2.05, 4.69) is 59.6 Å². The minimum Gasteiger partial charge on any atom is -0.264 e. The highest BCUT2D eigenvalue weighted by atomic mass is 14.6. The molecule has 1 nitrogen and oxygen atoms in total. The summed E-state index contributed by atoms with van der Waals surface area (Å²) in [6.45, 7) is 0. The lowest BCUT2D eigenvalue weighted by atomic mass is 9.99. The highest BCUT2D eigenvalue weighted by Gasteiger charge is 2.21. The first-order chi connectivity index (χ1) is 10.4. The number of hydrogen-bond donors (Lipinski definition) is 0. The quantitative estimate of drug-likeness (QED) is 0.386. The highest BCUT2D eigenvalue weighted by molar-refractivity contribution is 6.00. The summed E-state index contributed by atoms with van der Waals surface area (Å²) >= 11 is 0. The van der Waals surface area contributed by atoms with Crippen molar-refractivity contribution >= 4 is 21.5 Å². The summed E-state index contributed by atoms with van der Waals surface area (Å²) in [4.78, 5) is 4.24. The van der Waals surface area contributed by atoms with E-state index in [1.807, 2.05) is 12.4 Å². The Morgan fingerprint density at radius 2 is 1.38 bits per heavy atom. The van der Waals surface area contributed by atoms with Crippen molar-refractivity contribution in [2.75, 3.05) is 0 Å². The first-order valence-electron chi connectivity index (χ1n) is 7.28. The van der Waals surface area contributed by atoms with E-state index in [9.17, 15) is 0 Å². The van der Waals surface area contributed by atoms with Crippen molar-refractivity contribution in [3.8, 4) is 11.1 Å². The van der Waals surface area contributed by atoms with E-state index in [0.29, 0.717) is 0 Å². The fraction of sp³-hybridized carbons (Fsp3) is 0.0500. The lowest BCUT2D eigenvalue weighted by Crippen LogP contribution is -1.85. The molecule has 0 amide bonds. The van der Waals surface area contributed by atoms with Gasteiger partial charge in [-0.25, -0.2) is 0 Å². The molecule has 0 atom stereocenters. The zero-order valence-corrected chi connectivity index (χ0v) is 11.5. The third-order valence-corrected chi connectivity index (χ3v) is 4.62. The van der Waals surface area contributed by atoms with E-state index < -0.39 is 0 Å². The van der Waals surface area contributed by atoms with Crippen LogP contribution in [0.15, 0.2) is 67.0 Å². The average Bonchev–Trinajstić information content (AvgIpc) is 2.94. The van der Waals surface area contributed by atoms with Crippen LogP contribution in [0, 0.1) is 0 Å². The molecule has 0 radical (unpaired) electrons. The zero-order chi connectivity index (χ0) is 13.8. The molecule has 1 aromatic heterocycles. The first kappa shape index (κ1) is 11.0. The number of pyridine rings is 1. The summed E-state index contributed by atoms with van der Waals surface area (Å²) in [5.74, 6) is 0. The van der Waals surface area contributed by atoms with E-state index in [0.717, 1.165) is 6.42 Å². The summed E-state index contributed by atoms with van der Waals surface area (Å²) in [5.41, 5.74) is 5.69. The maximum absolute atomic E-state index is 4.24. The van der Waals surface area contributed by atoms with Crippen molar-refractivity contribution in [3.63, 3.8) is 0 Å². The molecule has 1 heterocycles. The topological polar surface area (TPSA) is 12.9 Å². The van der Waals surface area contributed by atoms with Crippen LogP contribution in [0.4, 0.5) is 0 Å². The second-order valence-corrected chi connectivity index (χ2v) is 5.68. The minimum absolute atomic E-state index is 1.02. The lowest BCUT2D eigenvalue weighted by molar-refractivity contribution is 1.29. The van der Waals surface area contributed by atoms with Gasteiger partial charge in [0.25, 0.3) is 0 Å². The van der Waals surface area contributed by atoms with E-state index in [1.165, 1.54) is 43.8 Å². The molecule has 98 valence electrons. The molecule has 0 saturated heterocycles. The predicted octanol–water partition coefficient (Wildman–Crippen LogP) is 4.96. The minimum atomic E-state index is 1.02. The highest BCUT2D eigenvalue weighted by Crippen LogP contribution is 2.42. The van der Waals surface area contributed by atoms with Crippen LogP contribution >= 0.6 is 0 Å². The first-order valence-corrected chi connectivity index (χ1v) is 7.28. The van der Waals surface area contributed by atoms with Gasteiger partial charge in [-0.05, 0) is 50.9 Å². The molecule has 0 bridgehead atoms. The van der Waals surface area contributed by atoms with Crippen molar-refractivity contribution in [1.82, 2.24) is 4.98 Å². The molecular weight excluding hydrogens is 254 g/mol. The number of aromatic nitrogens is 1. The van der Waals surface area contributed by atoms with Gasteiger partial charge in [0.15, 0.2) is 0 Å². The molecule has 0 spiro atoms. The SMILES string of the molecule is c1ccc2c3c(ccc2c1)-c1ccc2cnccc2c1C3. The van der Waals surface area contributed by atoms with Gasteiger partial charge in [0.05, 0.1) is 0 Å². The largest absolute Gasteiger partial charge is 0.264 e. The third kappa shape index (κ3) is 1.43. The second-order valence-electron chi connectivity index (χ2n) is 5.68. The predicted molar refractivity (Wildman–Crippen MR) is 87.5 cm³/mol. The molecule has 5 rings (SSSR count). The second kappa shape index (κ2) is 3.92. The van der Waals surface area contributed by atoms with Crippen LogP contribution in [0.5, 0.6) is 0 Å². The number of fused-ring (bicyclic) bond motifs is 7. The fourth-order valence-electron chi connectivity index (χ4n) is 3.63. The Bertz CT molecular complexity index is 931. The van der Waals surface area contributed by atoms with Crippen molar-refractivity contribution in [1.29, 1.82) is 0 Å². The summed E-state index contributed by atoms with van der Waals surface area (Å²) in [6.07, 6.45) is 4.87. The van der Waals surface area contributed by atoms with Crippen molar-refractivity contribution in [2.45, 2.75) is 6.42 Å². The molecule has 3 aromatic carbocycles.